The summed E-state index contributed by atoms with van der Waals surface area (Å²) < 4.78 is 5.35. The molecule has 1 aromatic rings. The van der Waals surface area contributed by atoms with E-state index in [1.165, 1.54) is 11.8 Å². The number of carbonyl (C=O) groups is 2. The van der Waals surface area contributed by atoms with Crippen molar-refractivity contribution in [3.8, 4) is 0 Å². The maximum atomic E-state index is 11.9. The lowest BCUT2D eigenvalue weighted by molar-refractivity contribution is -0.128. The molecule has 0 aromatic heterocycles. The minimum absolute atomic E-state index is 0.0992. The predicted molar refractivity (Wildman–Crippen MR) is 92.7 cm³/mol. The summed E-state index contributed by atoms with van der Waals surface area (Å²) >= 11 is 0. The second-order valence-electron chi connectivity index (χ2n) is 6.02. The quantitative estimate of drug-likeness (QED) is 0.806. The second-order valence-corrected chi connectivity index (χ2v) is 6.02. The van der Waals surface area contributed by atoms with Crippen LogP contribution in [0.2, 0.25) is 0 Å². The average molecular weight is 329 g/mol. The van der Waals surface area contributed by atoms with E-state index in [0.29, 0.717) is 13.0 Å². The Hall–Kier alpha value is -2.34. The van der Waals surface area contributed by atoms with Gasteiger partial charge in [-0.15, -0.1) is 0 Å². The lowest BCUT2D eigenvalue weighted by Gasteiger charge is -2.28. The fourth-order valence-electron chi connectivity index (χ4n) is 2.92. The van der Waals surface area contributed by atoms with Gasteiger partial charge in [-0.2, -0.15) is 0 Å². The topological polar surface area (TPSA) is 70.7 Å². The normalized spacial score (nSPS) is 21.6. The van der Waals surface area contributed by atoms with E-state index in [9.17, 15) is 9.59 Å². The Morgan fingerprint density at radius 1 is 1.25 bits per heavy atom. The zero-order valence-electron chi connectivity index (χ0n) is 13.7. The maximum Gasteiger partial charge on any atom is 0.244 e. The molecule has 1 atom stereocenters. The molecule has 2 N–H and O–H groups in total. The standard InChI is InChI=1S/C18H23N3O3/c22-17(20-16-2-1-9-19-18(16)23)8-5-14-3-6-15(7-4-14)21-10-12-24-13-11-21/h3-8,16H,1-2,9-13H2,(H,19,23)(H,20,22)/b8-5-/t16-/m0/s1. The van der Waals surface area contributed by atoms with Crippen molar-refractivity contribution >= 4 is 23.6 Å². The van der Waals surface area contributed by atoms with Crippen molar-refractivity contribution in [2.45, 2.75) is 18.9 Å². The van der Waals surface area contributed by atoms with Crippen LogP contribution >= 0.6 is 0 Å². The number of nitrogens with one attached hydrogen (secondary N) is 2. The molecule has 0 saturated carbocycles. The van der Waals surface area contributed by atoms with Crippen LogP contribution in [-0.4, -0.2) is 50.7 Å². The average Bonchev–Trinajstić information content (AvgIpc) is 2.63. The lowest BCUT2D eigenvalue weighted by Crippen LogP contribution is -2.49. The first kappa shape index (κ1) is 16.5. The second kappa shape index (κ2) is 7.97. The summed E-state index contributed by atoms with van der Waals surface area (Å²) in [6, 6.07) is 7.67. The van der Waals surface area contributed by atoms with E-state index in [0.717, 1.165) is 38.3 Å². The SMILES string of the molecule is O=C(/C=C\c1ccc(N2CCOCC2)cc1)N[C@H]1CCCNC1=O. The summed E-state index contributed by atoms with van der Waals surface area (Å²) in [5.74, 6) is -0.341. The van der Waals surface area contributed by atoms with Gasteiger partial charge >= 0.3 is 0 Å². The monoisotopic (exact) mass is 329 g/mol. The summed E-state index contributed by atoms with van der Waals surface area (Å²) in [5, 5.41) is 5.50. The van der Waals surface area contributed by atoms with E-state index in [2.05, 4.69) is 27.7 Å². The molecule has 2 aliphatic heterocycles. The molecule has 2 fully saturated rings. The predicted octanol–water partition coefficient (Wildman–Crippen LogP) is 0.931. The molecule has 0 aliphatic carbocycles. The zero-order chi connectivity index (χ0) is 16.8. The number of hydrogen-bond acceptors (Lipinski definition) is 4. The van der Waals surface area contributed by atoms with E-state index in [1.54, 1.807) is 6.08 Å². The summed E-state index contributed by atoms with van der Waals surface area (Å²) in [6.45, 7) is 4.02. The van der Waals surface area contributed by atoms with Crippen molar-refractivity contribution in [2.24, 2.45) is 0 Å². The number of carbonyl (C=O) groups excluding carboxylic acids is 2. The Balaban J connectivity index is 1.53. The molecule has 1 aromatic carbocycles. The Bertz CT molecular complexity index is 606. The van der Waals surface area contributed by atoms with Gasteiger partial charge in [0.05, 0.1) is 13.2 Å². The van der Waals surface area contributed by atoms with Gasteiger partial charge in [0.1, 0.15) is 6.04 Å². The number of nitrogens with zero attached hydrogens (tertiary/aromatic N) is 1. The molecule has 2 saturated heterocycles. The molecule has 0 unspecified atom stereocenters. The van der Waals surface area contributed by atoms with Crippen LogP contribution in [0.1, 0.15) is 18.4 Å². The third-order valence-electron chi connectivity index (χ3n) is 4.30. The van der Waals surface area contributed by atoms with Crippen LogP contribution in [0.15, 0.2) is 30.3 Å². The lowest BCUT2D eigenvalue weighted by atomic mass is 10.1. The van der Waals surface area contributed by atoms with Crippen LogP contribution in [0.25, 0.3) is 6.08 Å². The Labute approximate surface area is 141 Å². The minimum Gasteiger partial charge on any atom is -0.378 e. The van der Waals surface area contributed by atoms with Gasteiger partial charge < -0.3 is 20.3 Å². The number of benzene rings is 1. The number of morpholine rings is 1. The van der Waals surface area contributed by atoms with Crippen molar-refractivity contribution in [2.75, 3.05) is 37.7 Å². The molecule has 2 aliphatic rings. The van der Waals surface area contributed by atoms with Crippen LogP contribution in [0, 0.1) is 0 Å². The molecule has 3 rings (SSSR count). The van der Waals surface area contributed by atoms with Crippen LogP contribution in [-0.2, 0) is 14.3 Å². The Morgan fingerprint density at radius 2 is 2.00 bits per heavy atom. The molecule has 6 heteroatoms. The number of amides is 2. The molecule has 2 heterocycles. The first-order valence-electron chi connectivity index (χ1n) is 8.41. The number of hydrogen-bond donors (Lipinski definition) is 2. The highest BCUT2D eigenvalue weighted by molar-refractivity contribution is 5.95. The van der Waals surface area contributed by atoms with Crippen molar-refractivity contribution in [1.82, 2.24) is 10.6 Å². The molecule has 0 radical (unpaired) electrons. The smallest absolute Gasteiger partial charge is 0.244 e. The fourth-order valence-corrected chi connectivity index (χ4v) is 2.92. The molecule has 128 valence electrons. The van der Waals surface area contributed by atoms with Gasteiger partial charge in [0.2, 0.25) is 11.8 Å². The minimum atomic E-state index is -0.417. The summed E-state index contributed by atoms with van der Waals surface area (Å²) in [4.78, 5) is 25.9. The number of ether oxygens (including phenoxy) is 1. The highest BCUT2D eigenvalue weighted by Crippen LogP contribution is 2.17. The van der Waals surface area contributed by atoms with Gasteiger partial charge in [-0.05, 0) is 36.6 Å². The first-order valence-corrected chi connectivity index (χ1v) is 8.41. The van der Waals surface area contributed by atoms with E-state index >= 15 is 0 Å². The van der Waals surface area contributed by atoms with Crippen LogP contribution < -0.4 is 15.5 Å². The van der Waals surface area contributed by atoms with E-state index in [4.69, 9.17) is 4.74 Å². The molecular weight excluding hydrogens is 306 g/mol. The highest BCUT2D eigenvalue weighted by atomic mass is 16.5. The summed E-state index contributed by atoms with van der Waals surface area (Å²) in [5.41, 5.74) is 2.12. The van der Waals surface area contributed by atoms with Crippen molar-refractivity contribution in [3.63, 3.8) is 0 Å². The van der Waals surface area contributed by atoms with Crippen molar-refractivity contribution in [3.05, 3.63) is 35.9 Å². The largest absolute Gasteiger partial charge is 0.378 e. The first-order chi connectivity index (χ1) is 11.7. The van der Waals surface area contributed by atoms with E-state index < -0.39 is 6.04 Å². The summed E-state index contributed by atoms with van der Waals surface area (Å²) in [6.07, 6.45) is 4.83. The third-order valence-corrected chi connectivity index (χ3v) is 4.30. The van der Waals surface area contributed by atoms with Gasteiger partial charge in [-0.25, -0.2) is 0 Å². The zero-order valence-corrected chi connectivity index (χ0v) is 13.7. The Morgan fingerprint density at radius 3 is 2.71 bits per heavy atom. The number of anilines is 1. The Kier molecular flexibility index (Phi) is 5.48. The third kappa shape index (κ3) is 4.35. The van der Waals surface area contributed by atoms with E-state index in [1.807, 2.05) is 12.1 Å². The number of rotatable bonds is 4. The van der Waals surface area contributed by atoms with Gasteiger partial charge in [-0.3, -0.25) is 9.59 Å². The van der Waals surface area contributed by atoms with Crippen LogP contribution in [0.4, 0.5) is 5.69 Å². The molecule has 24 heavy (non-hydrogen) atoms. The van der Waals surface area contributed by atoms with Gasteiger partial charge in [-0.1, -0.05) is 12.1 Å². The summed E-state index contributed by atoms with van der Waals surface area (Å²) in [7, 11) is 0. The fraction of sp³-hybridized carbons (Fsp3) is 0.444. The highest BCUT2D eigenvalue weighted by Gasteiger charge is 2.22. The van der Waals surface area contributed by atoms with Gasteiger partial charge in [0.15, 0.2) is 0 Å². The molecule has 0 bridgehead atoms. The van der Waals surface area contributed by atoms with Gasteiger partial charge in [0.25, 0.3) is 0 Å². The molecule has 2 amide bonds. The molecular formula is C18H23N3O3. The van der Waals surface area contributed by atoms with Gasteiger partial charge in [0, 0.05) is 31.4 Å². The van der Waals surface area contributed by atoms with E-state index in [-0.39, 0.29) is 11.8 Å². The molecule has 0 spiro atoms. The van der Waals surface area contributed by atoms with Crippen molar-refractivity contribution in [1.29, 1.82) is 0 Å². The number of piperidine rings is 1. The van der Waals surface area contributed by atoms with Crippen LogP contribution in [0.5, 0.6) is 0 Å². The van der Waals surface area contributed by atoms with Crippen molar-refractivity contribution < 1.29 is 14.3 Å². The maximum absolute atomic E-state index is 11.9. The van der Waals surface area contributed by atoms with Crippen LogP contribution in [0.3, 0.4) is 0 Å². The molecule has 6 nitrogen and oxygen atoms in total.